The summed E-state index contributed by atoms with van der Waals surface area (Å²) in [6.45, 7) is 5.59. The predicted octanol–water partition coefficient (Wildman–Crippen LogP) is 1.32. The summed E-state index contributed by atoms with van der Waals surface area (Å²) >= 11 is 5.75. The summed E-state index contributed by atoms with van der Waals surface area (Å²) in [7, 11) is 0. The molecule has 1 aromatic heterocycles. The van der Waals surface area contributed by atoms with Gasteiger partial charge >= 0.3 is 0 Å². The van der Waals surface area contributed by atoms with E-state index >= 15 is 0 Å². The van der Waals surface area contributed by atoms with Crippen LogP contribution in [-0.2, 0) is 11.3 Å². The molecule has 0 aliphatic carbocycles. The van der Waals surface area contributed by atoms with Crippen LogP contribution in [0.25, 0.3) is 0 Å². The Morgan fingerprint density at radius 1 is 1.35 bits per heavy atom. The van der Waals surface area contributed by atoms with Gasteiger partial charge in [-0.1, -0.05) is 16.8 Å². The maximum atomic E-state index is 13.2. The molecular formula is C16H20ClFN6O2. The fourth-order valence-electron chi connectivity index (χ4n) is 2.53. The second kappa shape index (κ2) is 9.04. The van der Waals surface area contributed by atoms with Crippen molar-refractivity contribution in [3.05, 3.63) is 40.4 Å². The predicted molar refractivity (Wildman–Crippen MR) is 95.1 cm³/mol. The van der Waals surface area contributed by atoms with E-state index in [1.54, 1.807) is 0 Å². The molecule has 10 heteroatoms. The average molecular weight is 383 g/mol. The number of nitrogens with zero attached hydrogens (tertiary/aromatic N) is 4. The van der Waals surface area contributed by atoms with Crippen LogP contribution in [0.4, 0.5) is 10.1 Å². The van der Waals surface area contributed by atoms with Gasteiger partial charge in [-0.25, -0.2) is 14.0 Å². The van der Waals surface area contributed by atoms with E-state index in [-0.39, 0.29) is 10.9 Å². The monoisotopic (exact) mass is 382 g/mol. The normalized spacial score (nSPS) is 16.2. The van der Waals surface area contributed by atoms with E-state index in [1.165, 1.54) is 18.2 Å². The standard InChI is InChI=1S/C16H20ClFN6O2/c17-12-9-11(1-2-13(12)18)21-16(19)15-14(22-26-23-15)10-20-3-4-24-5-7-25-8-6-24/h1-2,9,20H,3-8,10H2,(H2,19,21). The number of rotatable bonds is 7. The van der Waals surface area contributed by atoms with Gasteiger partial charge in [-0.05, 0) is 23.4 Å². The molecule has 1 aromatic carbocycles. The number of halogens is 2. The molecule has 0 spiro atoms. The fourth-order valence-corrected chi connectivity index (χ4v) is 2.71. The number of nitrogens with two attached hydrogens (primary N) is 1. The van der Waals surface area contributed by atoms with E-state index in [0.29, 0.717) is 23.6 Å². The van der Waals surface area contributed by atoms with E-state index in [4.69, 9.17) is 26.7 Å². The van der Waals surface area contributed by atoms with E-state index in [0.717, 1.165) is 39.4 Å². The zero-order valence-corrected chi connectivity index (χ0v) is 14.9. The van der Waals surface area contributed by atoms with Gasteiger partial charge in [-0.3, -0.25) is 4.90 Å². The molecule has 26 heavy (non-hydrogen) atoms. The van der Waals surface area contributed by atoms with Gasteiger partial charge in [0.2, 0.25) is 0 Å². The Balaban J connectivity index is 1.56. The van der Waals surface area contributed by atoms with Crippen LogP contribution in [0.3, 0.4) is 0 Å². The first kappa shape index (κ1) is 18.7. The molecule has 3 rings (SSSR count). The summed E-state index contributed by atoms with van der Waals surface area (Å²) < 4.78 is 23.3. The van der Waals surface area contributed by atoms with Crippen molar-refractivity contribution in [2.24, 2.45) is 10.7 Å². The highest BCUT2D eigenvalue weighted by Crippen LogP contribution is 2.22. The lowest BCUT2D eigenvalue weighted by molar-refractivity contribution is 0.0384. The smallest absolute Gasteiger partial charge is 0.174 e. The van der Waals surface area contributed by atoms with Gasteiger partial charge in [0.05, 0.1) is 23.9 Å². The van der Waals surface area contributed by atoms with Gasteiger partial charge < -0.3 is 15.8 Å². The van der Waals surface area contributed by atoms with Crippen molar-refractivity contribution in [2.45, 2.75) is 6.54 Å². The zero-order chi connectivity index (χ0) is 18.4. The van der Waals surface area contributed by atoms with Gasteiger partial charge in [0.1, 0.15) is 11.5 Å². The summed E-state index contributed by atoms with van der Waals surface area (Å²) in [4.78, 5) is 6.52. The largest absolute Gasteiger partial charge is 0.382 e. The summed E-state index contributed by atoms with van der Waals surface area (Å²) in [5.74, 6) is -0.392. The molecule has 0 amide bonds. The lowest BCUT2D eigenvalue weighted by Crippen LogP contribution is -2.40. The molecule has 0 saturated carbocycles. The summed E-state index contributed by atoms with van der Waals surface area (Å²) in [5, 5.41) is 10.9. The minimum absolute atomic E-state index is 0.0256. The Morgan fingerprint density at radius 3 is 2.92 bits per heavy atom. The molecule has 1 saturated heterocycles. The first-order chi connectivity index (χ1) is 12.6. The van der Waals surface area contributed by atoms with Gasteiger partial charge in [-0.15, -0.1) is 0 Å². The number of benzene rings is 1. The number of ether oxygens (including phenoxy) is 1. The van der Waals surface area contributed by atoms with Crippen molar-refractivity contribution in [1.82, 2.24) is 20.5 Å². The van der Waals surface area contributed by atoms with Crippen LogP contribution in [0.2, 0.25) is 5.02 Å². The molecule has 140 valence electrons. The van der Waals surface area contributed by atoms with Crippen molar-refractivity contribution < 1.29 is 13.8 Å². The Kier molecular flexibility index (Phi) is 6.51. The van der Waals surface area contributed by atoms with Crippen LogP contribution in [0.1, 0.15) is 11.4 Å². The number of hydrogen-bond acceptors (Lipinski definition) is 7. The van der Waals surface area contributed by atoms with Crippen molar-refractivity contribution in [2.75, 3.05) is 39.4 Å². The van der Waals surface area contributed by atoms with Gasteiger partial charge in [0, 0.05) is 32.7 Å². The maximum absolute atomic E-state index is 13.2. The van der Waals surface area contributed by atoms with Crippen LogP contribution in [0, 0.1) is 5.82 Å². The highest BCUT2D eigenvalue weighted by Gasteiger charge is 2.15. The number of aromatic nitrogens is 2. The van der Waals surface area contributed by atoms with E-state index in [1.807, 2.05) is 0 Å². The summed E-state index contributed by atoms with van der Waals surface area (Å²) in [5.41, 5.74) is 7.31. The van der Waals surface area contributed by atoms with Crippen molar-refractivity contribution >= 4 is 23.1 Å². The maximum Gasteiger partial charge on any atom is 0.174 e. The van der Waals surface area contributed by atoms with E-state index < -0.39 is 5.82 Å². The van der Waals surface area contributed by atoms with Gasteiger partial charge in [0.15, 0.2) is 11.5 Å². The molecule has 1 fully saturated rings. The van der Waals surface area contributed by atoms with Crippen LogP contribution >= 0.6 is 11.6 Å². The molecule has 0 unspecified atom stereocenters. The fraction of sp³-hybridized carbons (Fsp3) is 0.438. The second-order valence-corrected chi connectivity index (χ2v) is 6.19. The third-order valence-corrected chi connectivity index (χ3v) is 4.24. The summed E-state index contributed by atoms with van der Waals surface area (Å²) in [6.07, 6.45) is 0. The molecule has 0 atom stereocenters. The summed E-state index contributed by atoms with van der Waals surface area (Å²) in [6, 6.07) is 4.09. The van der Waals surface area contributed by atoms with Crippen LogP contribution < -0.4 is 11.1 Å². The van der Waals surface area contributed by atoms with Crippen molar-refractivity contribution in [3.8, 4) is 0 Å². The lowest BCUT2D eigenvalue weighted by atomic mass is 10.2. The average Bonchev–Trinajstić information content (AvgIpc) is 3.11. The van der Waals surface area contributed by atoms with Crippen LogP contribution in [0.15, 0.2) is 27.8 Å². The minimum atomic E-state index is -0.516. The number of aliphatic imine (C=N–C) groups is 1. The van der Waals surface area contributed by atoms with Crippen molar-refractivity contribution in [3.63, 3.8) is 0 Å². The molecule has 3 N–H and O–H groups in total. The Morgan fingerprint density at radius 2 is 2.15 bits per heavy atom. The molecule has 0 radical (unpaired) electrons. The highest BCUT2D eigenvalue weighted by atomic mass is 35.5. The lowest BCUT2D eigenvalue weighted by Gasteiger charge is -2.26. The molecule has 1 aliphatic heterocycles. The molecular weight excluding hydrogens is 363 g/mol. The SMILES string of the molecule is NC(=Nc1ccc(F)c(Cl)c1)c1nonc1CNCCN1CCOCC1. The topological polar surface area (TPSA) is 102 Å². The third-order valence-electron chi connectivity index (χ3n) is 3.95. The van der Waals surface area contributed by atoms with E-state index in [2.05, 4.69) is 25.5 Å². The Bertz CT molecular complexity index is 763. The molecule has 1 aliphatic rings. The molecule has 2 aromatic rings. The third kappa shape index (κ3) is 4.98. The second-order valence-electron chi connectivity index (χ2n) is 5.79. The van der Waals surface area contributed by atoms with Crippen LogP contribution in [0.5, 0.6) is 0 Å². The first-order valence-electron chi connectivity index (χ1n) is 8.25. The quantitative estimate of drug-likeness (QED) is 0.423. The Hall–Kier alpha value is -2.07. The zero-order valence-electron chi connectivity index (χ0n) is 14.1. The molecule has 2 heterocycles. The van der Waals surface area contributed by atoms with E-state index in [9.17, 15) is 4.39 Å². The molecule has 0 bridgehead atoms. The van der Waals surface area contributed by atoms with Crippen LogP contribution in [-0.4, -0.2) is 60.4 Å². The number of nitrogens with one attached hydrogen (secondary N) is 1. The van der Waals surface area contributed by atoms with Gasteiger partial charge in [-0.2, -0.15) is 0 Å². The minimum Gasteiger partial charge on any atom is -0.382 e. The van der Waals surface area contributed by atoms with Gasteiger partial charge in [0.25, 0.3) is 0 Å². The highest BCUT2D eigenvalue weighted by molar-refractivity contribution is 6.31. The Labute approximate surface area is 155 Å². The van der Waals surface area contributed by atoms with Crippen molar-refractivity contribution in [1.29, 1.82) is 0 Å². The molecule has 8 nitrogen and oxygen atoms in total. The first-order valence-corrected chi connectivity index (χ1v) is 8.63. The number of hydrogen-bond donors (Lipinski definition) is 2. The number of morpholine rings is 1. The number of amidine groups is 1.